The highest BCUT2D eigenvalue weighted by molar-refractivity contribution is 7.80. The molecule has 1 aromatic heterocycles. The standard InChI is InChI=1S/C17H24N4O2S/c1-6-21-10-14(12(3)20-21)11(2)18-17(24)19-15-9-13(22-4)7-8-16(15)23-5/h7-11H,6H2,1-5H3,(H2,18,19,24). The van der Waals surface area contributed by atoms with Gasteiger partial charge >= 0.3 is 0 Å². The fraction of sp³-hybridized carbons (Fsp3) is 0.412. The number of aryl methyl sites for hydroxylation is 2. The van der Waals surface area contributed by atoms with Gasteiger partial charge in [0.05, 0.1) is 31.6 Å². The molecular formula is C17H24N4O2S. The Hall–Kier alpha value is -2.28. The molecule has 1 unspecified atom stereocenters. The van der Waals surface area contributed by atoms with Crippen molar-refractivity contribution in [1.82, 2.24) is 15.1 Å². The van der Waals surface area contributed by atoms with Crippen molar-refractivity contribution in [2.75, 3.05) is 19.5 Å². The molecule has 7 heteroatoms. The summed E-state index contributed by atoms with van der Waals surface area (Å²) in [5, 5.41) is 11.4. The second kappa shape index (κ2) is 8.01. The molecule has 0 saturated carbocycles. The van der Waals surface area contributed by atoms with E-state index in [4.69, 9.17) is 21.7 Å². The maximum Gasteiger partial charge on any atom is 0.171 e. The Balaban J connectivity index is 2.08. The van der Waals surface area contributed by atoms with Crippen molar-refractivity contribution >= 4 is 23.0 Å². The minimum absolute atomic E-state index is 0.0434. The Kier molecular flexibility index (Phi) is 6.03. The molecule has 0 aliphatic heterocycles. The van der Waals surface area contributed by atoms with Crippen LogP contribution >= 0.6 is 12.2 Å². The first-order valence-electron chi connectivity index (χ1n) is 7.82. The largest absolute Gasteiger partial charge is 0.497 e. The number of ether oxygens (including phenoxy) is 2. The molecule has 0 aliphatic carbocycles. The molecule has 2 N–H and O–H groups in total. The number of benzene rings is 1. The van der Waals surface area contributed by atoms with E-state index in [9.17, 15) is 0 Å². The Labute approximate surface area is 148 Å². The normalized spacial score (nSPS) is 11.7. The lowest BCUT2D eigenvalue weighted by Crippen LogP contribution is -2.31. The number of nitrogens with one attached hydrogen (secondary N) is 2. The number of nitrogens with zero attached hydrogens (tertiary/aromatic N) is 2. The first kappa shape index (κ1) is 18.1. The van der Waals surface area contributed by atoms with E-state index in [1.807, 2.05) is 36.0 Å². The number of hydrogen-bond donors (Lipinski definition) is 2. The van der Waals surface area contributed by atoms with Gasteiger partial charge in [-0.25, -0.2) is 0 Å². The highest BCUT2D eigenvalue weighted by Gasteiger charge is 2.14. The minimum atomic E-state index is 0.0434. The Morgan fingerprint density at radius 3 is 2.67 bits per heavy atom. The summed E-state index contributed by atoms with van der Waals surface area (Å²) in [6, 6.07) is 5.56. The van der Waals surface area contributed by atoms with Crippen molar-refractivity contribution in [3.05, 3.63) is 35.7 Å². The van der Waals surface area contributed by atoms with Crippen molar-refractivity contribution in [2.45, 2.75) is 33.4 Å². The fourth-order valence-electron chi connectivity index (χ4n) is 2.46. The molecule has 1 aromatic carbocycles. The van der Waals surface area contributed by atoms with Crippen LogP contribution in [0.4, 0.5) is 5.69 Å². The summed E-state index contributed by atoms with van der Waals surface area (Å²) in [6.45, 7) is 6.97. The molecule has 0 aliphatic rings. The van der Waals surface area contributed by atoms with Crippen LogP contribution in [0.3, 0.4) is 0 Å². The van der Waals surface area contributed by atoms with Crippen molar-refractivity contribution < 1.29 is 9.47 Å². The van der Waals surface area contributed by atoms with E-state index in [0.717, 1.165) is 29.2 Å². The first-order chi connectivity index (χ1) is 11.5. The summed E-state index contributed by atoms with van der Waals surface area (Å²) < 4.78 is 12.5. The van der Waals surface area contributed by atoms with E-state index >= 15 is 0 Å². The van der Waals surface area contributed by atoms with Crippen LogP contribution in [0.5, 0.6) is 11.5 Å². The zero-order valence-corrected chi connectivity index (χ0v) is 15.5. The van der Waals surface area contributed by atoms with E-state index in [2.05, 4.69) is 29.6 Å². The Morgan fingerprint density at radius 1 is 1.33 bits per heavy atom. The molecule has 2 aromatic rings. The number of rotatable bonds is 6. The third-order valence-electron chi connectivity index (χ3n) is 3.78. The molecule has 0 spiro atoms. The van der Waals surface area contributed by atoms with Gasteiger partial charge in [0.25, 0.3) is 0 Å². The molecule has 0 saturated heterocycles. The van der Waals surface area contributed by atoms with Crippen molar-refractivity contribution in [3.8, 4) is 11.5 Å². The molecule has 0 radical (unpaired) electrons. The van der Waals surface area contributed by atoms with E-state index in [1.165, 1.54) is 0 Å². The van der Waals surface area contributed by atoms with Crippen LogP contribution in [0.1, 0.15) is 31.1 Å². The second-order valence-corrected chi connectivity index (χ2v) is 5.82. The van der Waals surface area contributed by atoms with E-state index in [-0.39, 0.29) is 6.04 Å². The number of methoxy groups -OCH3 is 2. The molecule has 1 heterocycles. The molecular weight excluding hydrogens is 324 g/mol. The molecule has 1 atom stereocenters. The molecule has 0 fully saturated rings. The maximum absolute atomic E-state index is 5.43. The van der Waals surface area contributed by atoms with Gasteiger partial charge in [0.15, 0.2) is 5.11 Å². The van der Waals surface area contributed by atoms with Crippen LogP contribution in [0, 0.1) is 6.92 Å². The molecule has 2 rings (SSSR count). The number of anilines is 1. The Bertz CT molecular complexity index is 715. The van der Waals surface area contributed by atoms with Gasteiger partial charge in [0.1, 0.15) is 11.5 Å². The van der Waals surface area contributed by atoms with Gasteiger partial charge in [-0.05, 0) is 45.1 Å². The average molecular weight is 348 g/mol. The smallest absolute Gasteiger partial charge is 0.171 e. The van der Waals surface area contributed by atoms with Crippen molar-refractivity contribution in [3.63, 3.8) is 0 Å². The van der Waals surface area contributed by atoms with Crippen LogP contribution in [0.25, 0.3) is 0 Å². The van der Waals surface area contributed by atoms with Gasteiger partial charge in [-0.3, -0.25) is 4.68 Å². The summed E-state index contributed by atoms with van der Waals surface area (Å²) >= 11 is 5.43. The van der Waals surface area contributed by atoms with Crippen molar-refractivity contribution in [2.24, 2.45) is 0 Å². The van der Waals surface area contributed by atoms with Gasteiger partial charge < -0.3 is 20.1 Å². The van der Waals surface area contributed by atoms with Gasteiger partial charge in [-0.2, -0.15) is 5.10 Å². The molecule has 130 valence electrons. The fourth-order valence-corrected chi connectivity index (χ4v) is 2.75. The zero-order chi connectivity index (χ0) is 17.7. The summed E-state index contributed by atoms with van der Waals surface area (Å²) in [6.07, 6.45) is 2.04. The minimum Gasteiger partial charge on any atom is -0.497 e. The van der Waals surface area contributed by atoms with E-state index in [1.54, 1.807) is 14.2 Å². The van der Waals surface area contributed by atoms with Gasteiger partial charge in [0.2, 0.25) is 0 Å². The van der Waals surface area contributed by atoms with E-state index < -0.39 is 0 Å². The van der Waals surface area contributed by atoms with Crippen LogP contribution in [-0.2, 0) is 6.54 Å². The predicted molar refractivity (Wildman–Crippen MR) is 100.0 cm³/mol. The van der Waals surface area contributed by atoms with Gasteiger partial charge in [-0.1, -0.05) is 0 Å². The topological polar surface area (TPSA) is 60.3 Å². The Morgan fingerprint density at radius 2 is 2.08 bits per heavy atom. The van der Waals surface area contributed by atoms with Crippen LogP contribution in [0.2, 0.25) is 0 Å². The lowest BCUT2D eigenvalue weighted by molar-refractivity contribution is 0.405. The third kappa shape index (κ3) is 4.17. The summed E-state index contributed by atoms with van der Waals surface area (Å²) in [5.41, 5.74) is 2.87. The maximum atomic E-state index is 5.43. The van der Waals surface area contributed by atoms with Crippen LogP contribution in [0.15, 0.2) is 24.4 Å². The monoisotopic (exact) mass is 348 g/mol. The van der Waals surface area contributed by atoms with Crippen LogP contribution in [-0.4, -0.2) is 29.1 Å². The van der Waals surface area contributed by atoms with Gasteiger partial charge in [0, 0.05) is 24.4 Å². The second-order valence-electron chi connectivity index (χ2n) is 5.41. The average Bonchev–Trinajstić information content (AvgIpc) is 2.95. The number of aromatic nitrogens is 2. The lowest BCUT2D eigenvalue weighted by Gasteiger charge is -2.18. The lowest BCUT2D eigenvalue weighted by atomic mass is 10.1. The predicted octanol–water partition coefficient (Wildman–Crippen LogP) is 3.28. The number of thiocarbonyl (C=S) groups is 1. The molecule has 6 nitrogen and oxygen atoms in total. The highest BCUT2D eigenvalue weighted by Crippen LogP contribution is 2.29. The SMILES string of the molecule is CCn1cc(C(C)NC(=S)Nc2cc(OC)ccc2OC)c(C)n1. The molecule has 24 heavy (non-hydrogen) atoms. The first-order valence-corrected chi connectivity index (χ1v) is 8.22. The molecule has 0 bridgehead atoms. The van der Waals surface area contributed by atoms with Gasteiger partial charge in [-0.15, -0.1) is 0 Å². The number of hydrogen-bond acceptors (Lipinski definition) is 4. The zero-order valence-electron chi connectivity index (χ0n) is 14.7. The quantitative estimate of drug-likeness (QED) is 0.781. The molecule has 0 amide bonds. The summed E-state index contributed by atoms with van der Waals surface area (Å²) in [5.74, 6) is 1.43. The van der Waals surface area contributed by atoms with Crippen LogP contribution < -0.4 is 20.1 Å². The van der Waals surface area contributed by atoms with Crippen molar-refractivity contribution in [1.29, 1.82) is 0 Å². The highest BCUT2D eigenvalue weighted by atomic mass is 32.1. The third-order valence-corrected chi connectivity index (χ3v) is 4.00. The van der Waals surface area contributed by atoms with E-state index in [0.29, 0.717) is 10.9 Å². The summed E-state index contributed by atoms with van der Waals surface area (Å²) in [4.78, 5) is 0. The summed E-state index contributed by atoms with van der Waals surface area (Å²) in [7, 11) is 3.24.